The summed E-state index contributed by atoms with van der Waals surface area (Å²) >= 11 is 0. The standard InChI is InChI=1S/C14H20N2O2/c1-2-8-16(12-9-15-10-12)14(17)11-18-13-6-4-3-5-7-13/h3-7,12,15H,2,8-11H2,1H3. The SMILES string of the molecule is CCCN(C(=O)COc1ccccc1)C1CNC1. The molecule has 1 aliphatic heterocycles. The summed E-state index contributed by atoms with van der Waals surface area (Å²) in [6.07, 6.45) is 0.980. The van der Waals surface area contributed by atoms with E-state index in [4.69, 9.17) is 4.74 Å². The van der Waals surface area contributed by atoms with Gasteiger partial charge in [-0.3, -0.25) is 4.79 Å². The van der Waals surface area contributed by atoms with E-state index in [1.807, 2.05) is 35.2 Å². The van der Waals surface area contributed by atoms with Crippen LogP contribution in [0.25, 0.3) is 0 Å². The van der Waals surface area contributed by atoms with Gasteiger partial charge in [0.05, 0.1) is 6.04 Å². The lowest BCUT2D eigenvalue weighted by Crippen LogP contribution is -2.59. The van der Waals surface area contributed by atoms with Crippen LogP contribution in [-0.2, 0) is 4.79 Å². The van der Waals surface area contributed by atoms with Crippen LogP contribution in [-0.4, -0.2) is 43.1 Å². The van der Waals surface area contributed by atoms with E-state index in [2.05, 4.69) is 12.2 Å². The van der Waals surface area contributed by atoms with Gasteiger partial charge < -0.3 is 15.0 Å². The molecule has 0 saturated carbocycles. The third kappa shape index (κ3) is 3.23. The lowest BCUT2D eigenvalue weighted by Gasteiger charge is -2.38. The third-order valence-electron chi connectivity index (χ3n) is 3.09. The zero-order valence-corrected chi connectivity index (χ0v) is 10.8. The zero-order valence-electron chi connectivity index (χ0n) is 10.8. The van der Waals surface area contributed by atoms with Crippen LogP contribution in [0.3, 0.4) is 0 Å². The van der Waals surface area contributed by atoms with Crippen molar-refractivity contribution in [2.75, 3.05) is 26.2 Å². The molecule has 18 heavy (non-hydrogen) atoms. The molecule has 1 amide bonds. The molecule has 0 spiro atoms. The number of hydrogen-bond acceptors (Lipinski definition) is 3. The smallest absolute Gasteiger partial charge is 0.260 e. The molecule has 2 rings (SSSR count). The summed E-state index contributed by atoms with van der Waals surface area (Å²) in [5, 5.41) is 3.19. The van der Waals surface area contributed by atoms with Gasteiger partial charge >= 0.3 is 0 Å². The Kier molecular flexibility index (Phi) is 4.59. The molecule has 4 heteroatoms. The average Bonchev–Trinajstić information content (AvgIpc) is 2.34. The summed E-state index contributed by atoms with van der Waals surface area (Å²) < 4.78 is 5.50. The Morgan fingerprint density at radius 3 is 2.67 bits per heavy atom. The average molecular weight is 248 g/mol. The molecule has 0 aliphatic carbocycles. The lowest BCUT2D eigenvalue weighted by molar-refractivity contribution is -0.136. The van der Waals surface area contributed by atoms with E-state index in [0.717, 1.165) is 31.8 Å². The van der Waals surface area contributed by atoms with Crippen molar-refractivity contribution in [2.24, 2.45) is 0 Å². The Morgan fingerprint density at radius 2 is 2.11 bits per heavy atom. The number of rotatable bonds is 6. The van der Waals surface area contributed by atoms with Crippen LogP contribution >= 0.6 is 0 Å². The summed E-state index contributed by atoms with van der Waals surface area (Å²) in [6, 6.07) is 9.80. The number of benzene rings is 1. The van der Waals surface area contributed by atoms with Crippen molar-refractivity contribution >= 4 is 5.91 Å². The number of nitrogens with zero attached hydrogens (tertiary/aromatic N) is 1. The van der Waals surface area contributed by atoms with E-state index in [1.54, 1.807) is 0 Å². The highest BCUT2D eigenvalue weighted by Crippen LogP contribution is 2.10. The molecular formula is C14H20N2O2. The van der Waals surface area contributed by atoms with E-state index >= 15 is 0 Å². The lowest BCUT2D eigenvalue weighted by atomic mass is 10.1. The highest BCUT2D eigenvalue weighted by Gasteiger charge is 2.27. The van der Waals surface area contributed by atoms with Crippen LogP contribution < -0.4 is 10.1 Å². The predicted octanol–water partition coefficient (Wildman–Crippen LogP) is 1.28. The summed E-state index contributed by atoms with van der Waals surface area (Å²) in [7, 11) is 0. The van der Waals surface area contributed by atoms with Gasteiger partial charge in [0.1, 0.15) is 5.75 Å². The summed E-state index contributed by atoms with van der Waals surface area (Å²) in [5.74, 6) is 0.821. The van der Waals surface area contributed by atoms with Crippen LogP contribution in [0.4, 0.5) is 0 Å². The second-order valence-electron chi connectivity index (χ2n) is 4.50. The highest BCUT2D eigenvalue weighted by molar-refractivity contribution is 5.78. The zero-order chi connectivity index (χ0) is 12.8. The molecule has 0 radical (unpaired) electrons. The number of para-hydroxylation sites is 1. The Labute approximate surface area is 108 Å². The molecule has 1 aromatic rings. The minimum Gasteiger partial charge on any atom is -0.484 e. The molecule has 1 aromatic carbocycles. The fraction of sp³-hybridized carbons (Fsp3) is 0.500. The van der Waals surface area contributed by atoms with Crippen LogP contribution in [0.1, 0.15) is 13.3 Å². The topological polar surface area (TPSA) is 41.6 Å². The Bertz CT molecular complexity index is 377. The summed E-state index contributed by atoms with van der Waals surface area (Å²) in [6.45, 7) is 4.82. The van der Waals surface area contributed by atoms with Crippen molar-refractivity contribution in [1.29, 1.82) is 0 Å². The fourth-order valence-corrected chi connectivity index (χ4v) is 1.99. The Balaban J connectivity index is 1.85. The van der Waals surface area contributed by atoms with Crippen molar-refractivity contribution < 1.29 is 9.53 Å². The molecule has 0 bridgehead atoms. The molecule has 0 aromatic heterocycles. The summed E-state index contributed by atoms with van der Waals surface area (Å²) in [5.41, 5.74) is 0. The van der Waals surface area contributed by atoms with Crippen molar-refractivity contribution in [1.82, 2.24) is 10.2 Å². The van der Waals surface area contributed by atoms with Gasteiger partial charge in [-0.05, 0) is 18.6 Å². The Hall–Kier alpha value is -1.55. The first-order valence-electron chi connectivity index (χ1n) is 6.49. The first kappa shape index (κ1) is 12.9. The normalized spacial score (nSPS) is 14.9. The van der Waals surface area contributed by atoms with E-state index in [-0.39, 0.29) is 12.5 Å². The molecule has 1 aliphatic rings. The second-order valence-corrected chi connectivity index (χ2v) is 4.50. The first-order chi connectivity index (χ1) is 8.81. The second kappa shape index (κ2) is 6.40. The minimum atomic E-state index is 0.0761. The molecule has 4 nitrogen and oxygen atoms in total. The van der Waals surface area contributed by atoms with Gasteiger partial charge in [0.25, 0.3) is 5.91 Å². The number of carbonyl (C=O) groups is 1. The van der Waals surface area contributed by atoms with Crippen molar-refractivity contribution in [3.8, 4) is 5.75 Å². The van der Waals surface area contributed by atoms with E-state index < -0.39 is 0 Å². The molecule has 1 N–H and O–H groups in total. The van der Waals surface area contributed by atoms with Crippen molar-refractivity contribution in [3.05, 3.63) is 30.3 Å². The van der Waals surface area contributed by atoms with E-state index in [1.165, 1.54) is 0 Å². The van der Waals surface area contributed by atoms with Gasteiger partial charge in [-0.2, -0.15) is 0 Å². The molecule has 1 fully saturated rings. The van der Waals surface area contributed by atoms with Crippen molar-refractivity contribution in [2.45, 2.75) is 19.4 Å². The van der Waals surface area contributed by atoms with Crippen LogP contribution in [0, 0.1) is 0 Å². The molecule has 0 unspecified atom stereocenters. The highest BCUT2D eigenvalue weighted by atomic mass is 16.5. The van der Waals surface area contributed by atoms with Crippen molar-refractivity contribution in [3.63, 3.8) is 0 Å². The molecule has 1 heterocycles. The molecule has 0 atom stereocenters. The summed E-state index contributed by atoms with van der Waals surface area (Å²) in [4.78, 5) is 14.0. The quantitative estimate of drug-likeness (QED) is 0.824. The van der Waals surface area contributed by atoms with Crippen LogP contribution in [0.2, 0.25) is 0 Å². The van der Waals surface area contributed by atoms with E-state index in [0.29, 0.717) is 6.04 Å². The third-order valence-corrected chi connectivity index (χ3v) is 3.09. The number of carbonyl (C=O) groups excluding carboxylic acids is 1. The molecule has 1 saturated heterocycles. The monoisotopic (exact) mass is 248 g/mol. The maximum Gasteiger partial charge on any atom is 0.260 e. The largest absolute Gasteiger partial charge is 0.484 e. The number of hydrogen-bond donors (Lipinski definition) is 1. The fourth-order valence-electron chi connectivity index (χ4n) is 1.99. The van der Waals surface area contributed by atoms with Gasteiger partial charge in [-0.15, -0.1) is 0 Å². The number of nitrogens with one attached hydrogen (secondary N) is 1. The maximum atomic E-state index is 12.1. The number of amides is 1. The van der Waals surface area contributed by atoms with Gasteiger partial charge in [-0.25, -0.2) is 0 Å². The first-order valence-corrected chi connectivity index (χ1v) is 6.49. The number of ether oxygens (including phenoxy) is 1. The van der Waals surface area contributed by atoms with Gasteiger partial charge in [0, 0.05) is 19.6 Å². The maximum absolute atomic E-state index is 12.1. The van der Waals surface area contributed by atoms with E-state index in [9.17, 15) is 4.79 Å². The molecule has 98 valence electrons. The van der Waals surface area contributed by atoms with Gasteiger partial charge in [0.15, 0.2) is 6.61 Å². The Morgan fingerprint density at radius 1 is 1.39 bits per heavy atom. The van der Waals surface area contributed by atoms with Crippen LogP contribution in [0.5, 0.6) is 5.75 Å². The van der Waals surface area contributed by atoms with Crippen LogP contribution in [0.15, 0.2) is 30.3 Å². The van der Waals surface area contributed by atoms with Gasteiger partial charge in [-0.1, -0.05) is 25.1 Å². The minimum absolute atomic E-state index is 0.0761. The van der Waals surface area contributed by atoms with Gasteiger partial charge in [0.2, 0.25) is 0 Å². The predicted molar refractivity (Wildman–Crippen MR) is 70.6 cm³/mol. The molecular weight excluding hydrogens is 228 g/mol.